The molecule has 1 fully saturated rings. The van der Waals surface area contributed by atoms with Crippen LogP contribution >= 0.6 is 0 Å². The molecule has 0 aliphatic heterocycles. The monoisotopic (exact) mass is 1930 g/mol. The molecule has 27 nitrogen and oxygen atoms in total. The summed E-state index contributed by atoms with van der Waals surface area (Å²) in [4.78, 5) is 154. The first kappa shape index (κ1) is 105. The van der Waals surface area contributed by atoms with Gasteiger partial charge in [-0.15, -0.1) is 0 Å². The van der Waals surface area contributed by atoms with Crippen LogP contribution < -0.4 is 44.4 Å². The summed E-state index contributed by atoms with van der Waals surface area (Å²) < 4.78 is 32.0. The number of aryl methyl sites for hydroxylation is 1. The third-order valence-electron chi connectivity index (χ3n) is 23.6. The summed E-state index contributed by atoms with van der Waals surface area (Å²) in [6.07, 6.45) is 15.0. The van der Waals surface area contributed by atoms with Gasteiger partial charge in [-0.3, -0.25) is 43.2 Å². The Kier molecular flexibility index (Phi) is 39.4. The van der Waals surface area contributed by atoms with E-state index in [-0.39, 0.29) is 73.3 Å². The molecule has 734 valence electrons. The summed E-state index contributed by atoms with van der Waals surface area (Å²) >= 11 is 0. The Morgan fingerprint density at radius 1 is 0.287 bits per heavy atom. The SMILES string of the molecule is CCCCCCCCc1ccc(C(=O)Oc2ccc(CN(CC(=O)O)C(=O)c3ccc(NC(=O)Cc4ccc(OC)cc4)cc3)cc2)cc1.COc1ccc(CC(=O)Nc2ccc(C(=O)N(CC(=O)O)Cc3ccc(OC(=O)c4ccc(-c5ccccc5)cc4)cc3)cc2)cc1.COc1ccc(CC(=O)Nc2ccc(C(=O)N(CC(=O)O)Cc3ccc(OC(=O)c4ccc(C5CCCCC5)cc4)cc3)cc2)cc1. The van der Waals surface area contributed by atoms with Crippen molar-refractivity contribution < 1.29 is 101 Å². The molecule has 143 heavy (non-hydrogen) atoms. The Labute approximate surface area is 830 Å². The maximum absolute atomic E-state index is 13.3. The zero-order valence-corrected chi connectivity index (χ0v) is 80.1. The number of methoxy groups -OCH3 is 3. The molecule has 0 spiro atoms. The minimum Gasteiger partial charge on any atom is -0.497 e. The van der Waals surface area contributed by atoms with Crippen LogP contribution in [0.1, 0.15) is 190 Å². The average molecular weight is 1930 g/mol. The van der Waals surface area contributed by atoms with Crippen molar-refractivity contribution in [3.63, 3.8) is 0 Å². The van der Waals surface area contributed by atoms with Crippen LogP contribution in [-0.4, -0.2) is 142 Å². The highest BCUT2D eigenvalue weighted by atomic mass is 16.5. The average Bonchev–Trinajstić information content (AvgIpc) is 0.847. The second-order valence-corrected chi connectivity index (χ2v) is 34.3. The molecule has 0 unspecified atom stereocenters. The predicted molar refractivity (Wildman–Crippen MR) is 544 cm³/mol. The van der Waals surface area contributed by atoms with Gasteiger partial charge < -0.3 is 74.4 Å². The van der Waals surface area contributed by atoms with Gasteiger partial charge >= 0.3 is 35.8 Å². The summed E-state index contributed by atoms with van der Waals surface area (Å²) in [5, 5.41) is 36.9. The number of esters is 3. The third-order valence-corrected chi connectivity index (χ3v) is 23.6. The van der Waals surface area contributed by atoms with Crippen LogP contribution in [0.3, 0.4) is 0 Å². The maximum Gasteiger partial charge on any atom is 0.343 e. The van der Waals surface area contributed by atoms with E-state index < -0.39 is 73.2 Å². The van der Waals surface area contributed by atoms with Gasteiger partial charge in [0.2, 0.25) is 17.7 Å². The number of benzene rings is 13. The van der Waals surface area contributed by atoms with Crippen molar-refractivity contribution in [1.82, 2.24) is 14.7 Å². The van der Waals surface area contributed by atoms with Crippen molar-refractivity contribution >= 4 is 88.3 Å². The highest BCUT2D eigenvalue weighted by Gasteiger charge is 2.26. The molecule has 1 aliphatic carbocycles. The zero-order chi connectivity index (χ0) is 101. The van der Waals surface area contributed by atoms with E-state index in [1.807, 2.05) is 103 Å². The van der Waals surface area contributed by atoms with Gasteiger partial charge in [-0.2, -0.15) is 0 Å². The number of amides is 6. The van der Waals surface area contributed by atoms with Crippen LogP contribution in [0.25, 0.3) is 11.1 Å². The number of nitrogens with zero attached hydrogens (tertiary/aromatic N) is 3. The number of nitrogens with one attached hydrogen (secondary N) is 3. The van der Waals surface area contributed by atoms with Crippen molar-refractivity contribution in [2.24, 2.45) is 0 Å². The number of hydrogen-bond donors (Lipinski definition) is 6. The predicted octanol–water partition coefficient (Wildman–Crippen LogP) is 21.1. The quantitative estimate of drug-likeness (QED) is 0.0118. The second-order valence-electron chi connectivity index (χ2n) is 34.3. The van der Waals surface area contributed by atoms with E-state index in [0.717, 1.165) is 40.7 Å². The fourth-order valence-electron chi connectivity index (χ4n) is 15.9. The van der Waals surface area contributed by atoms with Crippen LogP contribution in [0, 0.1) is 0 Å². The molecule has 0 atom stereocenters. The van der Waals surface area contributed by atoms with E-state index in [1.54, 1.807) is 228 Å². The number of anilines is 3. The maximum atomic E-state index is 13.3. The second kappa shape index (κ2) is 53.7. The molecular formula is C116H114N6O21. The number of rotatable bonds is 42. The minimum atomic E-state index is -1.16. The van der Waals surface area contributed by atoms with Crippen molar-refractivity contribution in [3.05, 3.63) is 399 Å². The van der Waals surface area contributed by atoms with E-state index >= 15 is 0 Å². The van der Waals surface area contributed by atoms with Gasteiger partial charge in [-0.25, -0.2) is 14.4 Å². The van der Waals surface area contributed by atoms with E-state index in [1.165, 1.54) is 102 Å². The van der Waals surface area contributed by atoms with Gasteiger partial charge in [-0.05, 0) is 269 Å². The Morgan fingerprint density at radius 2 is 0.559 bits per heavy atom. The highest BCUT2D eigenvalue weighted by molar-refractivity contribution is 6.01. The number of carbonyl (C=O) groups excluding carboxylic acids is 9. The lowest BCUT2D eigenvalue weighted by molar-refractivity contribution is -0.138. The van der Waals surface area contributed by atoms with Crippen LogP contribution in [0.15, 0.2) is 322 Å². The summed E-state index contributed by atoms with van der Waals surface area (Å²) in [7, 11) is 4.72. The molecule has 0 bridgehead atoms. The van der Waals surface area contributed by atoms with Crippen LogP contribution in [0.2, 0.25) is 0 Å². The molecule has 0 heterocycles. The largest absolute Gasteiger partial charge is 0.497 e. The van der Waals surface area contributed by atoms with Crippen molar-refractivity contribution in [2.45, 2.75) is 129 Å². The van der Waals surface area contributed by atoms with Crippen LogP contribution in [-0.2, 0) is 74.1 Å². The number of carbonyl (C=O) groups is 12. The zero-order valence-electron chi connectivity index (χ0n) is 80.1. The van der Waals surface area contributed by atoms with Crippen LogP contribution in [0.4, 0.5) is 17.1 Å². The number of aliphatic carboxylic acids is 3. The van der Waals surface area contributed by atoms with Gasteiger partial charge in [0.05, 0.1) is 57.3 Å². The summed E-state index contributed by atoms with van der Waals surface area (Å²) in [6, 6.07) is 92.3. The Bertz CT molecular complexity index is 6430. The van der Waals surface area contributed by atoms with E-state index in [0.29, 0.717) is 90.9 Å². The van der Waals surface area contributed by atoms with Crippen molar-refractivity contribution in [3.8, 4) is 45.6 Å². The van der Waals surface area contributed by atoms with Crippen LogP contribution in [0.5, 0.6) is 34.5 Å². The molecule has 14 rings (SSSR count). The Morgan fingerprint density at radius 3 is 0.874 bits per heavy atom. The molecule has 27 heteroatoms. The molecule has 1 aliphatic rings. The number of carboxylic acids is 3. The fraction of sp³-hybridized carbons (Fsp3) is 0.224. The lowest BCUT2D eigenvalue weighted by Gasteiger charge is -2.22. The highest BCUT2D eigenvalue weighted by Crippen LogP contribution is 2.34. The smallest absolute Gasteiger partial charge is 0.343 e. The number of carboxylic acid groups (broad SMARTS) is 3. The van der Waals surface area contributed by atoms with Gasteiger partial charge in [-0.1, -0.05) is 198 Å². The molecule has 0 radical (unpaired) electrons. The normalized spacial score (nSPS) is 11.4. The summed E-state index contributed by atoms with van der Waals surface area (Å²) in [6.45, 7) is 0.750. The first-order chi connectivity index (χ1) is 69.3. The standard InChI is InChI=1S/C40H44N2O7.C38H38N2O7.C38H32N2O7/c1-3-4-5-6-7-8-9-29-10-16-33(17-11-29)40(47)49-36-24-14-31(15-25-36)27-42(28-38(44)45)39(46)32-18-20-34(21-19-32)41-37(43)26-30-12-22-35(48-2)23-13-30;2*1-46-33-19-7-26(8-20-33)23-35(41)39-32-17-15-30(16-18-32)37(44)40(25-36(42)43)24-27-9-21-34(22-10-27)47-38(45)31-13-11-29(12-14-31)28-5-3-2-4-6-28/h10-25H,3-9,26-28H2,1-2H3,(H,41,43)(H,44,45);7-22,28H,2-6,23-25H2,1H3,(H,39,41)(H,42,43);2-22H,23-25H2,1H3,(H,39,41)(H,42,43). The molecule has 6 N–H and O–H groups in total. The number of ether oxygens (including phenoxy) is 6. The lowest BCUT2D eigenvalue weighted by Crippen LogP contribution is -2.35. The topological polar surface area (TPSA) is 367 Å². The molecule has 13 aromatic rings. The minimum absolute atomic E-state index is 0.0145. The van der Waals surface area contributed by atoms with E-state index in [2.05, 4.69) is 22.9 Å². The lowest BCUT2D eigenvalue weighted by atomic mass is 9.84. The number of unbranched alkanes of at least 4 members (excludes halogenated alkanes) is 5. The molecule has 6 amide bonds. The molecule has 13 aromatic carbocycles. The van der Waals surface area contributed by atoms with E-state index in [9.17, 15) is 72.9 Å². The summed E-state index contributed by atoms with van der Waals surface area (Å²) in [5.74, 6) is -3.37. The fourth-order valence-corrected chi connectivity index (χ4v) is 15.9. The first-order valence-electron chi connectivity index (χ1n) is 47.2. The van der Waals surface area contributed by atoms with Gasteiger partial charge in [0, 0.05) is 53.4 Å². The number of hydrogen-bond acceptors (Lipinski definition) is 18. The van der Waals surface area contributed by atoms with Crippen molar-refractivity contribution in [1.29, 1.82) is 0 Å². The van der Waals surface area contributed by atoms with Gasteiger partial charge in [0.25, 0.3) is 17.7 Å². The van der Waals surface area contributed by atoms with Gasteiger partial charge in [0.15, 0.2) is 0 Å². The van der Waals surface area contributed by atoms with Gasteiger partial charge in [0.1, 0.15) is 54.1 Å². The molecule has 0 aromatic heterocycles. The molecule has 1 saturated carbocycles. The van der Waals surface area contributed by atoms with E-state index in [4.69, 9.17) is 28.4 Å². The molecule has 0 saturated heterocycles. The third kappa shape index (κ3) is 33.6. The Hall–Kier alpha value is -17.1. The summed E-state index contributed by atoms with van der Waals surface area (Å²) in [5.41, 5.74) is 12.6. The Balaban J connectivity index is 0.000000191. The van der Waals surface area contributed by atoms with Crippen molar-refractivity contribution in [2.75, 3.05) is 56.9 Å². The first-order valence-corrected chi connectivity index (χ1v) is 47.2. The molecular weight excluding hydrogens is 1810 g/mol.